The quantitative estimate of drug-likeness (QED) is 0.482. The van der Waals surface area contributed by atoms with Gasteiger partial charge in [0, 0.05) is 18.2 Å². The van der Waals surface area contributed by atoms with Gasteiger partial charge < -0.3 is 9.84 Å². The summed E-state index contributed by atoms with van der Waals surface area (Å²) in [6.45, 7) is 1.44. The van der Waals surface area contributed by atoms with Gasteiger partial charge in [0.15, 0.2) is 5.82 Å². The highest BCUT2D eigenvalue weighted by atomic mass is 32.2. The summed E-state index contributed by atoms with van der Waals surface area (Å²) >= 11 is 1.33. The predicted molar refractivity (Wildman–Crippen MR) is 103 cm³/mol. The number of anilines is 1. The second-order valence-corrected chi connectivity index (χ2v) is 6.86. The van der Waals surface area contributed by atoms with E-state index in [0.717, 1.165) is 0 Å². The summed E-state index contributed by atoms with van der Waals surface area (Å²) in [6, 6.07) is 13.0. The number of halogens is 1. The van der Waals surface area contributed by atoms with Crippen LogP contribution in [0.3, 0.4) is 0 Å². The van der Waals surface area contributed by atoms with Crippen LogP contribution in [0.2, 0.25) is 0 Å². The molecule has 0 fully saturated rings. The Labute approximate surface area is 168 Å². The summed E-state index contributed by atoms with van der Waals surface area (Å²) < 4.78 is 19.8. The molecule has 2 heterocycles. The zero-order valence-corrected chi connectivity index (χ0v) is 15.9. The molecular weight excluding hydrogens is 397 g/mol. The van der Waals surface area contributed by atoms with Crippen LogP contribution in [0.1, 0.15) is 12.7 Å². The average Bonchev–Trinajstić information content (AvgIpc) is 3.36. The van der Waals surface area contributed by atoms with Gasteiger partial charge in [-0.15, -0.1) is 5.10 Å². The number of benzene rings is 2. The Balaban J connectivity index is 1.48. The van der Waals surface area contributed by atoms with Crippen molar-refractivity contribution >= 4 is 23.4 Å². The maximum absolute atomic E-state index is 13.0. The zero-order valence-electron chi connectivity index (χ0n) is 15.1. The van der Waals surface area contributed by atoms with Gasteiger partial charge in [0.1, 0.15) is 5.82 Å². The monoisotopic (exact) mass is 411 g/mol. The number of carbonyl (C=O) groups is 1. The van der Waals surface area contributed by atoms with Gasteiger partial charge in [0.2, 0.25) is 11.1 Å². The number of rotatable bonds is 6. The molecule has 0 aliphatic carbocycles. The molecule has 0 saturated carbocycles. The number of carbonyl (C=O) groups excluding carboxylic acids is 1. The molecule has 2 aromatic carbocycles. The first-order valence-electron chi connectivity index (χ1n) is 8.46. The highest BCUT2D eigenvalue weighted by Gasteiger charge is 2.14. The smallest absolute Gasteiger partial charge is 0.257 e. The van der Waals surface area contributed by atoms with E-state index < -0.39 is 0 Å². The molecule has 0 aliphatic rings. The lowest BCUT2D eigenvalue weighted by Crippen LogP contribution is -2.07. The lowest BCUT2D eigenvalue weighted by Gasteiger charge is -2.06. The molecule has 0 atom stereocenters. The molecule has 4 aromatic rings. The molecule has 2 aromatic heterocycles. The Hall–Kier alpha value is -3.60. The molecule has 146 valence electrons. The van der Waals surface area contributed by atoms with E-state index in [1.807, 2.05) is 6.07 Å². The topological polar surface area (TPSA) is 112 Å². The molecule has 29 heavy (non-hydrogen) atoms. The van der Waals surface area contributed by atoms with Crippen LogP contribution in [0, 0.1) is 5.82 Å². The summed E-state index contributed by atoms with van der Waals surface area (Å²) in [7, 11) is 0. The number of tetrazole rings is 1. The van der Waals surface area contributed by atoms with Crippen molar-refractivity contribution in [2.75, 3.05) is 5.32 Å². The van der Waals surface area contributed by atoms with E-state index in [2.05, 4.69) is 31.0 Å². The lowest BCUT2D eigenvalue weighted by atomic mass is 10.2. The Kier molecular flexibility index (Phi) is 5.29. The summed E-state index contributed by atoms with van der Waals surface area (Å²) in [6.07, 6.45) is 0. The van der Waals surface area contributed by atoms with Crippen molar-refractivity contribution in [3.8, 4) is 17.1 Å². The van der Waals surface area contributed by atoms with Crippen LogP contribution in [0.25, 0.3) is 17.1 Å². The van der Waals surface area contributed by atoms with Crippen LogP contribution in [0.4, 0.5) is 10.1 Å². The number of amides is 1. The first-order valence-corrected chi connectivity index (χ1v) is 9.45. The number of nitrogens with one attached hydrogen (secondary N) is 1. The zero-order chi connectivity index (χ0) is 20.2. The second-order valence-electron chi connectivity index (χ2n) is 5.92. The van der Waals surface area contributed by atoms with Crippen LogP contribution in [0.15, 0.2) is 58.2 Å². The first-order chi connectivity index (χ1) is 14.1. The van der Waals surface area contributed by atoms with Crippen LogP contribution in [-0.2, 0) is 10.5 Å². The van der Waals surface area contributed by atoms with E-state index in [9.17, 15) is 9.18 Å². The molecule has 0 unspecified atom stereocenters. The molecule has 0 bridgehead atoms. The highest BCUT2D eigenvalue weighted by molar-refractivity contribution is 7.98. The van der Waals surface area contributed by atoms with Crippen molar-refractivity contribution in [3.63, 3.8) is 0 Å². The van der Waals surface area contributed by atoms with E-state index in [0.29, 0.717) is 39.6 Å². The predicted octanol–water partition coefficient (Wildman–Crippen LogP) is 3.10. The van der Waals surface area contributed by atoms with Gasteiger partial charge in [-0.2, -0.15) is 9.67 Å². The molecular formula is C18H14FN7O2S. The number of hydrogen-bond acceptors (Lipinski definition) is 8. The van der Waals surface area contributed by atoms with Crippen molar-refractivity contribution in [3.05, 3.63) is 60.2 Å². The molecule has 0 saturated heterocycles. The van der Waals surface area contributed by atoms with Crippen molar-refractivity contribution < 1.29 is 13.7 Å². The van der Waals surface area contributed by atoms with E-state index in [-0.39, 0.29) is 11.7 Å². The van der Waals surface area contributed by atoms with Crippen molar-refractivity contribution in [1.82, 2.24) is 30.3 Å². The Morgan fingerprint density at radius 2 is 2.07 bits per heavy atom. The van der Waals surface area contributed by atoms with Crippen molar-refractivity contribution in [2.45, 2.75) is 17.8 Å². The van der Waals surface area contributed by atoms with E-state index in [1.54, 1.807) is 35.0 Å². The molecule has 1 amide bonds. The lowest BCUT2D eigenvalue weighted by molar-refractivity contribution is -0.114. The van der Waals surface area contributed by atoms with Gasteiger partial charge in [-0.25, -0.2) is 4.39 Å². The Morgan fingerprint density at radius 3 is 2.86 bits per heavy atom. The van der Waals surface area contributed by atoms with Gasteiger partial charge in [-0.05, 0) is 52.9 Å². The molecule has 0 aliphatic heterocycles. The third-order valence-electron chi connectivity index (χ3n) is 3.74. The minimum absolute atomic E-state index is 0.164. The van der Waals surface area contributed by atoms with E-state index in [4.69, 9.17) is 4.52 Å². The molecule has 1 N–H and O–H groups in total. The van der Waals surface area contributed by atoms with Crippen molar-refractivity contribution in [1.29, 1.82) is 0 Å². The standard InChI is InChI=1S/C18H14FN7O2S/c1-11(27)20-14-3-2-4-15(9-14)26-18(22-24-25-26)29-10-16-21-17(28-23-16)12-5-7-13(19)8-6-12/h2-9H,10H2,1H3,(H,20,27). The summed E-state index contributed by atoms with van der Waals surface area (Å²) in [5.41, 5.74) is 1.97. The minimum Gasteiger partial charge on any atom is -0.334 e. The van der Waals surface area contributed by atoms with Gasteiger partial charge >= 0.3 is 0 Å². The molecule has 11 heteroatoms. The SMILES string of the molecule is CC(=O)Nc1cccc(-n2nnnc2SCc2noc(-c3ccc(F)cc3)n2)c1. The normalized spacial score (nSPS) is 10.8. The van der Waals surface area contributed by atoms with Gasteiger partial charge in [-0.1, -0.05) is 23.0 Å². The van der Waals surface area contributed by atoms with E-state index in [1.165, 1.54) is 30.8 Å². The fourth-order valence-corrected chi connectivity index (χ4v) is 3.23. The molecule has 4 rings (SSSR count). The Morgan fingerprint density at radius 1 is 1.24 bits per heavy atom. The fraction of sp³-hybridized carbons (Fsp3) is 0.111. The maximum Gasteiger partial charge on any atom is 0.257 e. The number of thioether (sulfide) groups is 1. The summed E-state index contributed by atoms with van der Waals surface area (Å²) in [5.74, 6) is 0.635. The van der Waals surface area contributed by atoms with Crippen molar-refractivity contribution in [2.24, 2.45) is 0 Å². The van der Waals surface area contributed by atoms with Crippen LogP contribution in [-0.4, -0.2) is 36.3 Å². The molecule has 9 nitrogen and oxygen atoms in total. The third-order valence-corrected chi connectivity index (χ3v) is 4.66. The number of nitrogens with zero attached hydrogens (tertiary/aromatic N) is 6. The highest BCUT2D eigenvalue weighted by Crippen LogP contribution is 2.24. The van der Waals surface area contributed by atoms with Gasteiger partial charge in [-0.3, -0.25) is 4.79 Å². The largest absolute Gasteiger partial charge is 0.334 e. The third kappa shape index (κ3) is 4.46. The maximum atomic E-state index is 13.0. The van der Waals surface area contributed by atoms with Crippen LogP contribution in [0.5, 0.6) is 0 Å². The molecule has 0 radical (unpaired) electrons. The van der Waals surface area contributed by atoms with Gasteiger partial charge in [0.05, 0.1) is 11.4 Å². The fourth-order valence-electron chi connectivity index (χ4n) is 2.50. The number of aromatic nitrogens is 6. The molecule has 0 spiro atoms. The number of hydrogen-bond donors (Lipinski definition) is 1. The van der Waals surface area contributed by atoms with Gasteiger partial charge in [0.25, 0.3) is 5.89 Å². The average molecular weight is 411 g/mol. The Bertz CT molecular complexity index is 1140. The van der Waals surface area contributed by atoms with E-state index >= 15 is 0 Å². The van der Waals surface area contributed by atoms with Crippen LogP contribution >= 0.6 is 11.8 Å². The second kappa shape index (κ2) is 8.19. The first kappa shape index (κ1) is 18.7. The summed E-state index contributed by atoms with van der Waals surface area (Å²) in [4.78, 5) is 15.6. The van der Waals surface area contributed by atoms with Crippen LogP contribution < -0.4 is 5.32 Å². The summed E-state index contributed by atoms with van der Waals surface area (Å²) in [5, 5.41) is 18.9. The minimum atomic E-state index is -0.335.